The fourth-order valence-electron chi connectivity index (χ4n) is 0.964. The molecule has 0 unspecified atom stereocenters. The quantitative estimate of drug-likeness (QED) is 0.342. The molecule has 0 aliphatic carbocycles. The van der Waals surface area contributed by atoms with Gasteiger partial charge < -0.3 is 30.3 Å². The van der Waals surface area contributed by atoms with Crippen molar-refractivity contribution in [2.75, 3.05) is 65.9 Å². The van der Waals surface area contributed by atoms with Crippen LogP contribution < -0.4 is 0 Å². The summed E-state index contributed by atoms with van der Waals surface area (Å²) >= 11 is 0. The average molecular weight is 285 g/mol. The lowest BCUT2D eigenvalue weighted by molar-refractivity contribution is 0.136. The Morgan fingerprint density at radius 2 is 0.947 bits per heavy atom. The summed E-state index contributed by atoms with van der Waals surface area (Å²) in [5.74, 6) is 0. The van der Waals surface area contributed by atoms with Gasteiger partial charge in [0.2, 0.25) is 0 Å². The van der Waals surface area contributed by atoms with Crippen LogP contribution in [0, 0.1) is 0 Å². The molecular formula is C12H31NO6. The lowest BCUT2D eigenvalue weighted by Crippen LogP contribution is -2.32. The molecule has 0 amide bonds. The first kappa shape index (κ1) is 23.8. The SMILES string of the molecule is CCOCC.OCCN(CCO)CCO.OCCO. The molecule has 7 heteroatoms. The van der Waals surface area contributed by atoms with Crippen LogP contribution in [0.15, 0.2) is 0 Å². The Kier molecular flexibility index (Phi) is 32.9. The Balaban J connectivity index is -0.000000238. The molecule has 0 aromatic heterocycles. The van der Waals surface area contributed by atoms with E-state index in [0.717, 1.165) is 13.2 Å². The van der Waals surface area contributed by atoms with Gasteiger partial charge in [0.05, 0.1) is 33.0 Å². The molecule has 0 spiro atoms. The van der Waals surface area contributed by atoms with Crippen molar-refractivity contribution >= 4 is 0 Å². The number of ether oxygens (including phenoxy) is 1. The minimum absolute atomic E-state index is 0.0694. The Bertz CT molecular complexity index is 111. The fourth-order valence-corrected chi connectivity index (χ4v) is 0.964. The van der Waals surface area contributed by atoms with E-state index >= 15 is 0 Å². The molecule has 0 aromatic rings. The predicted molar refractivity (Wildman–Crippen MR) is 74.0 cm³/mol. The highest BCUT2D eigenvalue weighted by Gasteiger charge is 2.00. The van der Waals surface area contributed by atoms with Crippen LogP contribution in [0.1, 0.15) is 13.8 Å². The molecule has 0 fully saturated rings. The normalized spacial score (nSPS) is 9.47. The summed E-state index contributed by atoms with van der Waals surface area (Å²) in [6, 6.07) is 0. The summed E-state index contributed by atoms with van der Waals surface area (Å²) in [5.41, 5.74) is 0. The zero-order chi connectivity index (χ0) is 15.4. The van der Waals surface area contributed by atoms with E-state index in [0.29, 0.717) is 19.6 Å². The summed E-state index contributed by atoms with van der Waals surface area (Å²) in [4.78, 5) is 1.79. The number of nitrogens with zero attached hydrogens (tertiary/aromatic N) is 1. The highest BCUT2D eigenvalue weighted by Crippen LogP contribution is 1.84. The van der Waals surface area contributed by atoms with Crippen molar-refractivity contribution in [1.82, 2.24) is 4.90 Å². The van der Waals surface area contributed by atoms with E-state index in [1.807, 2.05) is 13.8 Å². The summed E-state index contributed by atoms with van der Waals surface area (Å²) in [6.45, 7) is 7.17. The van der Waals surface area contributed by atoms with Crippen molar-refractivity contribution < 1.29 is 30.3 Å². The standard InChI is InChI=1S/C6H15NO3.C4H10O.C2H6O2/c8-4-1-7(2-5-9)3-6-10;1-3-5-4-2;3-1-2-4/h8-10H,1-6H2;3-4H2,1-2H3;3-4H,1-2H2. The molecule has 120 valence electrons. The van der Waals surface area contributed by atoms with Crippen molar-refractivity contribution in [3.63, 3.8) is 0 Å². The van der Waals surface area contributed by atoms with Crippen molar-refractivity contribution in [2.24, 2.45) is 0 Å². The van der Waals surface area contributed by atoms with Gasteiger partial charge in [-0.25, -0.2) is 0 Å². The molecule has 0 heterocycles. The third kappa shape index (κ3) is 31.9. The lowest BCUT2D eigenvalue weighted by Gasteiger charge is -2.17. The molecule has 0 bridgehead atoms. The second kappa shape index (κ2) is 26.3. The summed E-state index contributed by atoms with van der Waals surface area (Å²) in [7, 11) is 0. The molecule has 0 saturated carbocycles. The first-order valence-corrected chi connectivity index (χ1v) is 6.52. The van der Waals surface area contributed by atoms with Gasteiger partial charge in [-0.3, -0.25) is 4.90 Å². The van der Waals surface area contributed by atoms with E-state index in [2.05, 4.69) is 0 Å². The fraction of sp³-hybridized carbons (Fsp3) is 1.00. The maximum Gasteiger partial charge on any atom is 0.0662 e. The minimum atomic E-state index is -0.125. The number of hydrogen-bond acceptors (Lipinski definition) is 7. The third-order valence-electron chi connectivity index (χ3n) is 1.76. The van der Waals surface area contributed by atoms with E-state index in [4.69, 9.17) is 30.3 Å². The van der Waals surface area contributed by atoms with E-state index in [1.165, 1.54) is 0 Å². The maximum atomic E-state index is 8.48. The zero-order valence-electron chi connectivity index (χ0n) is 12.2. The Hall–Kier alpha value is -0.280. The molecule has 0 saturated heterocycles. The Morgan fingerprint density at radius 1 is 0.632 bits per heavy atom. The highest BCUT2D eigenvalue weighted by molar-refractivity contribution is 4.54. The van der Waals surface area contributed by atoms with Gasteiger partial charge in [0.25, 0.3) is 0 Å². The van der Waals surface area contributed by atoms with Crippen molar-refractivity contribution in [1.29, 1.82) is 0 Å². The summed E-state index contributed by atoms with van der Waals surface area (Å²) in [6.07, 6.45) is 0. The van der Waals surface area contributed by atoms with Crippen molar-refractivity contribution in [3.8, 4) is 0 Å². The zero-order valence-corrected chi connectivity index (χ0v) is 12.2. The third-order valence-corrected chi connectivity index (χ3v) is 1.76. The van der Waals surface area contributed by atoms with Crippen molar-refractivity contribution in [2.45, 2.75) is 13.8 Å². The molecule has 0 aliphatic rings. The molecule has 0 radical (unpaired) electrons. The topological polar surface area (TPSA) is 114 Å². The molecule has 19 heavy (non-hydrogen) atoms. The number of rotatable bonds is 9. The monoisotopic (exact) mass is 285 g/mol. The first-order valence-electron chi connectivity index (χ1n) is 6.52. The Morgan fingerprint density at radius 3 is 1.05 bits per heavy atom. The molecule has 0 aromatic carbocycles. The van der Waals surface area contributed by atoms with Crippen LogP contribution in [0.3, 0.4) is 0 Å². The largest absolute Gasteiger partial charge is 0.395 e. The van der Waals surface area contributed by atoms with Crippen LogP contribution in [0.2, 0.25) is 0 Å². The van der Waals surface area contributed by atoms with E-state index in [1.54, 1.807) is 4.90 Å². The second-order valence-corrected chi connectivity index (χ2v) is 3.24. The molecule has 7 nitrogen and oxygen atoms in total. The molecule has 5 N–H and O–H groups in total. The molecule has 0 aliphatic heterocycles. The number of aliphatic hydroxyl groups is 5. The van der Waals surface area contributed by atoms with Crippen molar-refractivity contribution in [3.05, 3.63) is 0 Å². The smallest absolute Gasteiger partial charge is 0.0662 e. The summed E-state index contributed by atoms with van der Waals surface area (Å²) < 4.78 is 4.83. The van der Waals surface area contributed by atoms with Crippen LogP contribution in [-0.2, 0) is 4.74 Å². The molecule has 0 rings (SSSR count). The van der Waals surface area contributed by atoms with Gasteiger partial charge >= 0.3 is 0 Å². The average Bonchev–Trinajstić information content (AvgIpc) is 2.42. The van der Waals surface area contributed by atoms with Crippen LogP contribution in [0.5, 0.6) is 0 Å². The first-order chi connectivity index (χ1) is 9.17. The van der Waals surface area contributed by atoms with E-state index < -0.39 is 0 Å². The van der Waals surface area contributed by atoms with Gasteiger partial charge in [0.15, 0.2) is 0 Å². The van der Waals surface area contributed by atoms with Gasteiger partial charge in [-0.05, 0) is 13.8 Å². The van der Waals surface area contributed by atoms with Gasteiger partial charge in [0, 0.05) is 32.8 Å². The summed E-state index contributed by atoms with van der Waals surface area (Å²) in [5, 5.41) is 40.7. The van der Waals surface area contributed by atoms with Gasteiger partial charge in [-0.2, -0.15) is 0 Å². The van der Waals surface area contributed by atoms with Gasteiger partial charge in [-0.1, -0.05) is 0 Å². The predicted octanol–water partition coefficient (Wildman–Crippen LogP) is -1.72. The second-order valence-electron chi connectivity index (χ2n) is 3.24. The lowest BCUT2D eigenvalue weighted by atomic mass is 10.4. The van der Waals surface area contributed by atoms with Gasteiger partial charge in [-0.15, -0.1) is 0 Å². The van der Waals surface area contributed by atoms with Crippen LogP contribution >= 0.6 is 0 Å². The molecular weight excluding hydrogens is 254 g/mol. The Labute approximate surface area is 116 Å². The minimum Gasteiger partial charge on any atom is -0.395 e. The van der Waals surface area contributed by atoms with Crippen LogP contribution in [0.25, 0.3) is 0 Å². The molecule has 0 atom stereocenters. The highest BCUT2D eigenvalue weighted by atomic mass is 16.5. The van der Waals surface area contributed by atoms with E-state index in [-0.39, 0.29) is 33.0 Å². The number of aliphatic hydroxyl groups excluding tert-OH is 5. The maximum absolute atomic E-state index is 8.48. The van der Waals surface area contributed by atoms with E-state index in [9.17, 15) is 0 Å². The van der Waals surface area contributed by atoms with Crippen LogP contribution in [-0.4, -0.2) is 96.3 Å². The number of hydrogen-bond donors (Lipinski definition) is 5. The van der Waals surface area contributed by atoms with Crippen LogP contribution in [0.4, 0.5) is 0 Å². The van der Waals surface area contributed by atoms with Gasteiger partial charge in [0.1, 0.15) is 0 Å².